The molecule has 1 saturated heterocycles. The molecule has 2 N–H and O–H groups in total. The minimum absolute atomic E-state index is 0.250. The second kappa shape index (κ2) is 17.1. The van der Waals surface area contributed by atoms with Gasteiger partial charge < -0.3 is 19.7 Å². The van der Waals surface area contributed by atoms with Crippen molar-refractivity contribution in [1.29, 1.82) is 0 Å². The first-order valence-electron chi connectivity index (χ1n) is 4.20. The first-order valence-corrected chi connectivity index (χ1v) is 4.20. The number of aliphatic hydroxyl groups is 2. The average Bonchev–Trinajstić information content (AvgIpc) is 2.10. The van der Waals surface area contributed by atoms with Gasteiger partial charge in [-0.15, -0.1) is 0 Å². The van der Waals surface area contributed by atoms with Crippen LogP contribution in [0.5, 0.6) is 0 Å². The molecule has 0 saturated carbocycles. The zero-order valence-corrected chi connectivity index (χ0v) is 7.95. The molecule has 1 rings (SSSR count). The van der Waals surface area contributed by atoms with E-state index in [-0.39, 0.29) is 13.2 Å². The van der Waals surface area contributed by atoms with Gasteiger partial charge in [0.1, 0.15) is 0 Å². The highest BCUT2D eigenvalue weighted by Gasteiger charge is 1.94. The van der Waals surface area contributed by atoms with Gasteiger partial charge >= 0.3 is 0 Å². The third-order valence-corrected chi connectivity index (χ3v) is 0.744. The van der Waals surface area contributed by atoms with Crippen LogP contribution in [0.1, 0.15) is 13.8 Å². The molecule has 12 heavy (non-hydrogen) atoms. The van der Waals surface area contributed by atoms with E-state index in [0.29, 0.717) is 0 Å². The molecule has 4 nitrogen and oxygen atoms in total. The van der Waals surface area contributed by atoms with E-state index < -0.39 is 0 Å². The second-order valence-electron chi connectivity index (χ2n) is 1.86. The summed E-state index contributed by atoms with van der Waals surface area (Å²) < 4.78 is 9.89. The highest BCUT2D eigenvalue weighted by atomic mass is 16.6. The van der Waals surface area contributed by atoms with Crippen molar-refractivity contribution in [3.8, 4) is 0 Å². The maximum absolute atomic E-state index is 7.57. The molecule has 0 atom stereocenters. The molecular formula is C8H20O4. The van der Waals surface area contributed by atoms with Crippen LogP contribution in [-0.2, 0) is 9.47 Å². The molecule has 0 aliphatic carbocycles. The van der Waals surface area contributed by atoms with E-state index in [1.807, 2.05) is 0 Å². The van der Waals surface area contributed by atoms with Crippen molar-refractivity contribution in [2.45, 2.75) is 13.8 Å². The molecule has 1 heterocycles. The molecule has 1 fully saturated rings. The van der Waals surface area contributed by atoms with Gasteiger partial charge in [0.25, 0.3) is 0 Å². The summed E-state index contributed by atoms with van der Waals surface area (Å²) in [5, 5.41) is 15.1. The number of aliphatic hydroxyl groups excluding tert-OH is 2. The Morgan fingerprint density at radius 3 is 1.08 bits per heavy atom. The summed E-state index contributed by atoms with van der Waals surface area (Å²) in [4.78, 5) is 0. The van der Waals surface area contributed by atoms with Crippen molar-refractivity contribution < 1.29 is 19.7 Å². The highest BCUT2D eigenvalue weighted by Crippen LogP contribution is 1.85. The lowest BCUT2D eigenvalue weighted by Crippen LogP contribution is -2.16. The summed E-state index contributed by atoms with van der Waals surface area (Å²) in [6.45, 7) is 6.97. The Balaban J connectivity index is 0. The van der Waals surface area contributed by atoms with Gasteiger partial charge in [-0.25, -0.2) is 0 Å². The van der Waals surface area contributed by atoms with E-state index in [2.05, 4.69) is 0 Å². The lowest BCUT2D eigenvalue weighted by atomic mass is 10.6. The van der Waals surface area contributed by atoms with Crippen molar-refractivity contribution in [2.24, 2.45) is 0 Å². The summed E-state index contributed by atoms with van der Waals surface area (Å²) in [5.74, 6) is 0. The van der Waals surface area contributed by atoms with Crippen molar-refractivity contribution in [3.05, 3.63) is 0 Å². The van der Waals surface area contributed by atoms with Crippen LogP contribution in [0.2, 0.25) is 0 Å². The van der Waals surface area contributed by atoms with Gasteiger partial charge in [0.15, 0.2) is 0 Å². The van der Waals surface area contributed by atoms with E-state index in [9.17, 15) is 0 Å². The SMILES string of the molecule is C1COCCO1.CCO.CCO. The maximum Gasteiger partial charge on any atom is 0.0701 e. The van der Waals surface area contributed by atoms with Crippen LogP contribution >= 0.6 is 0 Å². The molecule has 0 bridgehead atoms. The smallest absolute Gasteiger partial charge is 0.0701 e. The van der Waals surface area contributed by atoms with Crippen LogP contribution in [0, 0.1) is 0 Å². The van der Waals surface area contributed by atoms with E-state index >= 15 is 0 Å². The van der Waals surface area contributed by atoms with Gasteiger partial charge in [-0.05, 0) is 13.8 Å². The molecule has 0 aromatic carbocycles. The quantitative estimate of drug-likeness (QED) is 0.552. The zero-order valence-electron chi connectivity index (χ0n) is 7.95. The standard InChI is InChI=1S/C4H8O2.2C2H6O/c1-2-6-4-3-5-1;2*1-2-3/h1-4H2;2*3H,2H2,1H3. The fourth-order valence-corrected chi connectivity index (χ4v) is 0.440. The summed E-state index contributed by atoms with van der Waals surface area (Å²) in [6.07, 6.45) is 0. The fourth-order valence-electron chi connectivity index (χ4n) is 0.440. The lowest BCUT2D eigenvalue weighted by Gasteiger charge is -2.09. The number of hydrogen-bond acceptors (Lipinski definition) is 4. The normalized spacial score (nSPS) is 15.0. The molecular weight excluding hydrogens is 160 g/mol. The van der Waals surface area contributed by atoms with Crippen LogP contribution in [-0.4, -0.2) is 49.9 Å². The van der Waals surface area contributed by atoms with Crippen LogP contribution in [0.15, 0.2) is 0 Å². The number of hydrogen-bond donors (Lipinski definition) is 2. The minimum atomic E-state index is 0.250. The average molecular weight is 180 g/mol. The molecule has 0 aromatic heterocycles. The Morgan fingerprint density at radius 1 is 0.833 bits per heavy atom. The van der Waals surface area contributed by atoms with Crippen LogP contribution in [0.25, 0.3) is 0 Å². The van der Waals surface area contributed by atoms with E-state index in [1.165, 1.54) is 0 Å². The van der Waals surface area contributed by atoms with Crippen LogP contribution in [0.3, 0.4) is 0 Å². The Kier molecular flexibility index (Phi) is 20.4. The van der Waals surface area contributed by atoms with Crippen molar-refractivity contribution >= 4 is 0 Å². The topological polar surface area (TPSA) is 58.9 Å². The van der Waals surface area contributed by atoms with Crippen LogP contribution in [0.4, 0.5) is 0 Å². The third kappa shape index (κ3) is 22.5. The Hall–Kier alpha value is -0.160. The largest absolute Gasteiger partial charge is 0.397 e. The van der Waals surface area contributed by atoms with Gasteiger partial charge in [-0.2, -0.15) is 0 Å². The maximum atomic E-state index is 7.57. The predicted molar refractivity (Wildman–Crippen MR) is 47.2 cm³/mol. The van der Waals surface area contributed by atoms with Gasteiger partial charge in [-0.3, -0.25) is 0 Å². The van der Waals surface area contributed by atoms with E-state index in [0.717, 1.165) is 26.4 Å². The summed E-state index contributed by atoms with van der Waals surface area (Å²) in [6, 6.07) is 0. The van der Waals surface area contributed by atoms with Crippen molar-refractivity contribution in [2.75, 3.05) is 39.6 Å². The molecule has 0 radical (unpaired) electrons. The molecule has 4 heteroatoms. The van der Waals surface area contributed by atoms with Crippen molar-refractivity contribution in [3.63, 3.8) is 0 Å². The van der Waals surface area contributed by atoms with E-state index in [4.69, 9.17) is 19.7 Å². The van der Waals surface area contributed by atoms with Gasteiger partial charge in [0.05, 0.1) is 26.4 Å². The van der Waals surface area contributed by atoms with Crippen molar-refractivity contribution in [1.82, 2.24) is 0 Å². The molecule has 0 spiro atoms. The number of ether oxygens (including phenoxy) is 2. The predicted octanol–water partition coefficient (Wildman–Crippen LogP) is 0.0304. The monoisotopic (exact) mass is 180 g/mol. The molecule has 0 aromatic rings. The first kappa shape index (κ1) is 14.4. The van der Waals surface area contributed by atoms with E-state index in [1.54, 1.807) is 13.8 Å². The Morgan fingerprint density at radius 2 is 1.00 bits per heavy atom. The summed E-state index contributed by atoms with van der Waals surface area (Å²) in [5.41, 5.74) is 0. The molecule has 76 valence electrons. The lowest BCUT2D eigenvalue weighted by molar-refractivity contribution is -0.0334. The third-order valence-electron chi connectivity index (χ3n) is 0.744. The molecule has 0 amide bonds. The molecule has 1 aliphatic rings. The highest BCUT2D eigenvalue weighted by molar-refractivity contribution is 4.37. The Labute approximate surface area is 74.1 Å². The van der Waals surface area contributed by atoms with Crippen LogP contribution < -0.4 is 0 Å². The summed E-state index contributed by atoms with van der Waals surface area (Å²) >= 11 is 0. The molecule has 0 unspecified atom stereocenters. The minimum Gasteiger partial charge on any atom is -0.397 e. The van der Waals surface area contributed by atoms with Gasteiger partial charge in [0.2, 0.25) is 0 Å². The van der Waals surface area contributed by atoms with Gasteiger partial charge in [0, 0.05) is 13.2 Å². The van der Waals surface area contributed by atoms with Gasteiger partial charge in [-0.1, -0.05) is 0 Å². The number of rotatable bonds is 0. The Bertz CT molecular complexity index is 41.5. The zero-order chi connectivity index (χ0) is 9.66. The fraction of sp³-hybridized carbons (Fsp3) is 1.00. The molecule has 1 aliphatic heterocycles. The summed E-state index contributed by atoms with van der Waals surface area (Å²) in [7, 11) is 0. The second-order valence-corrected chi connectivity index (χ2v) is 1.86. The first-order chi connectivity index (χ1) is 5.83.